The van der Waals surface area contributed by atoms with Crippen LogP contribution in [0.15, 0.2) is 0 Å². The number of Topliss-reactive ketones (excluding diaryl/α,β-unsaturated/α-hetero) is 1. The van der Waals surface area contributed by atoms with Gasteiger partial charge in [0, 0.05) is 12.7 Å². The predicted octanol–water partition coefficient (Wildman–Crippen LogP) is 4.99. The van der Waals surface area contributed by atoms with E-state index in [1.807, 2.05) is 13.8 Å². The number of aliphatic hydroxyl groups is 1. The molecule has 4 aliphatic rings. The Morgan fingerprint density at radius 1 is 1.04 bits per heavy atom. The van der Waals surface area contributed by atoms with E-state index < -0.39 is 41.4 Å². The number of hydrogen-bond donors (Lipinski definition) is 1. The van der Waals surface area contributed by atoms with E-state index in [4.69, 9.17) is 6.85 Å². The summed E-state index contributed by atoms with van der Waals surface area (Å²) in [5.41, 5.74) is -1.63. The van der Waals surface area contributed by atoms with E-state index in [0.29, 0.717) is 12.3 Å². The molecular weight excluding hydrogens is 296 g/mol. The van der Waals surface area contributed by atoms with Crippen LogP contribution in [0.2, 0.25) is 0 Å². The maximum absolute atomic E-state index is 12.6. The number of rotatable bonds is 1. The van der Waals surface area contributed by atoms with Crippen LogP contribution in [0.4, 0.5) is 0 Å². The maximum Gasteiger partial charge on any atom is 0.133 e. The van der Waals surface area contributed by atoms with E-state index in [1.54, 1.807) is 0 Å². The molecule has 8 atom stereocenters. The maximum atomic E-state index is 12.6. The molecule has 1 N–H and O–H groups in total. The number of hydrogen-bond acceptors (Lipinski definition) is 2. The molecule has 0 unspecified atom stereocenters. The van der Waals surface area contributed by atoms with Crippen LogP contribution in [0, 0.1) is 40.4 Å². The van der Waals surface area contributed by atoms with Crippen LogP contribution >= 0.6 is 0 Å². The summed E-state index contributed by atoms with van der Waals surface area (Å²) in [5, 5.41) is 10.6. The van der Waals surface area contributed by atoms with Crippen molar-refractivity contribution in [1.29, 1.82) is 0 Å². The van der Waals surface area contributed by atoms with Crippen LogP contribution < -0.4 is 0 Å². The Hall–Kier alpha value is -0.370. The van der Waals surface area contributed by atoms with Crippen molar-refractivity contribution in [2.45, 2.75) is 91.0 Å². The number of ketones is 1. The Morgan fingerprint density at radius 2 is 1.79 bits per heavy atom. The van der Waals surface area contributed by atoms with E-state index in [9.17, 15) is 9.90 Å². The van der Waals surface area contributed by atoms with E-state index in [0.717, 1.165) is 38.5 Å². The van der Waals surface area contributed by atoms with E-state index in [2.05, 4.69) is 6.92 Å². The summed E-state index contributed by atoms with van der Waals surface area (Å²) in [6, 6.07) is 0. The van der Waals surface area contributed by atoms with Gasteiger partial charge in [-0.05, 0) is 106 Å². The molecular formula is C22H36O2. The smallest absolute Gasteiger partial charge is 0.133 e. The zero-order chi connectivity index (χ0) is 21.8. The van der Waals surface area contributed by atoms with Crippen molar-refractivity contribution in [3.05, 3.63) is 0 Å². The largest absolute Gasteiger partial charge is 0.390 e. The highest BCUT2D eigenvalue weighted by Gasteiger charge is 2.61. The van der Waals surface area contributed by atoms with Crippen LogP contribution in [0.5, 0.6) is 0 Å². The first-order valence-corrected chi connectivity index (χ1v) is 9.80. The fourth-order valence-electron chi connectivity index (χ4n) is 6.97. The second-order valence-corrected chi connectivity index (χ2v) is 9.89. The summed E-state index contributed by atoms with van der Waals surface area (Å²) in [6.45, 7) is 7.29. The van der Waals surface area contributed by atoms with Crippen LogP contribution in [0.25, 0.3) is 0 Å². The summed E-state index contributed by atoms with van der Waals surface area (Å²) in [6.07, 6.45) is 0.717. The minimum Gasteiger partial charge on any atom is -0.390 e. The summed E-state index contributed by atoms with van der Waals surface area (Å²) in [7, 11) is 0. The number of carbonyl (C=O) groups is 1. The van der Waals surface area contributed by atoms with Crippen molar-refractivity contribution in [1.82, 2.24) is 0 Å². The molecule has 0 bridgehead atoms. The highest BCUT2D eigenvalue weighted by molar-refractivity contribution is 5.79. The van der Waals surface area contributed by atoms with Gasteiger partial charge in [-0.2, -0.15) is 0 Å². The summed E-state index contributed by atoms with van der Waals surface area (Å²) in [5.74, 6) is -2.61. The molecule has 136 valence electrons. The molecule has 0 aromatic heterocycles. The predicted molar refractivity (Wildman–Crippen MR) is 96.5 cm³/mol. The molecule has 0 aromatic rings. The van der Waals surface area contributed by atoms with Gasteiger partial charge in [0.15, 0.2) is 0 Å². The molecule has 0 aliphatic heterocycles. The molecule has 0 amide bonds. The quantitative estimate of drug-likeness (QED) is 0.732. The van der Waals surface area contributed by atoms with Crippen molar-refractivity contribution in [2.24, 2.45) is 40.4 Å². The van der Waals surface area contributed by atoms with Crippen molar-refractivity contribution >= 4 is 5.78 Å². The van der Waals surface area contributed by atoms with E-state index >= 15 is 0 Å². The molecule has 0 saturated heterocycles. The third-order valence-corrected chi connectivity index (χ3v) is 8.40. The van der Waals surface area contributed by atoms with Gasteiger partial charge in [-0.3, -0.25) is 4.79 Å². The molecule has 0 aromatic carbocycles. The van der Waals surface area contributed by atoms with Gasteiger partial charge >= 0.3 is 0 Å². The van der Waals surface area contributed by atoms with Gasteiger partial charge in [-0.25, -0.2) is 0 Å². The Balaban J connectivity index is 1.79. The first-order valence-electron chi connectivity index (χ1n) is 12.3. The summed E-state index contributed by atoms with van der Waals surface area (Å²) in [4.78, 5) is 12.6. The SMILES string of the molecule is [2H]C1([2H])[C@H]2[C@@H]3CC[C@H]4C[C@](C)(O)CC[C@]4(C)[C@H]3CC[C@]2(C)[C@@]([2H])(C(C)=O)C1([2H])[2H]. The second-order valence-electron chi connectivity index (χ2n) is 9.89. The molecule has 0 heterocycles. The zero-order valence-corrected chi connectivity index (χ0v) is 15.6. The average molecular weight is 338 g/mol. The minimum absolute atomic E-state index is 0.0127. The summed E-state index contributed by atoms with van der Waals surface area (Å²) < 4.78 is 44.0. The topological polar surface area (TPSA) is 37.3 Å². The monoisotopic (exact) mass is 337 g/mol. The van der Waals surface area contributed by atoms with Crippen LogP contribution in [0.3, 0.4) is 0 Å². The lowest BCUT2D eigenvalue weighted by Gasteiger charge is -2.61. The van der Waals surface area contributed by atoms with Crippen molar-refractivity contribution in [3.8, 4) is 0 Å². The van der Waals surface area contributed by atoms with Crippen molar-refractivity contribution in [3.63, 3.8) is 0 Å². The average Bonchev–Trinajstić information content (AvgIpc) is 2.69. The Bertz CT molecular complexity index is 737. The first kappa shape index (κ1) is 12.1. The molecule has 4 saturated carbocycles. The Labute approximate surface area is 154 Å². The lowest BCUT2D eigenvalue weighted by atomic mass is 9.44. The van der Waals surface area contributed by atoms with Gasteiger partial charge in [-0.1, -0.05) is 13.8 Å². The lowest BCUT2D eigenvalue weighted by molar-refractivity contribution is -0.150. The third kappa shape index (κ3) is 2.27. The van der Waals surface area contributed by atoms with Crippen LogP contribution in [-0.4, -0.2) is 16.5 Å². The highest BCUT2D eigenvalue weighted by atomic mass is 16.3. The van der Waals surface area contributed by atoms with E-state index in [1.165, 1.54) is 6.92 Å². The van der Waals surface area contributed by atoms with Gasteiger partial charge in [0.1, 0.15) is 5.78 Å². The van der Waals surface area contributed by atoms with Crippen molar-refractivity contribution in [2.75, 3.05) is 0 Å². The van der Waals surface area contributed by atoms with Gasteiger partial charge in [0.2, 0.25) is 0 Å². The van der Waals surface area contributed by atoms with Crippen LogP contribution in [-0.2, 0) is 4.79 Å². The minimum atomic E-state index is -2.52. The fourth-order valence-corrected chi connectivity index (χ4v) is 6.97. The van der Waals surface area contributed by atoms with Crippen molar-refractivity contribution < 1.29 is 16.8 Å². The van der Waals surface area contributed by atoms with Crippen LogP contribution in [0.1, 0.15) is 92.2 Å². The third-order valence-electron chi connectivity index (χ3n) is 8.40. The molecule has 2 heteroatoms. The van der Waals surface area contributed by atoms with Gasteiger partial charge in [0.25, 0.3) is 0 Å². The first-order chi connectivity index (χ1) is 13.1. The molecule has 2 nitrogen and oxygen atoms in total. The fraction of sp³-hybridized carbons (Fsp3) is 0.955. The zero-order valence-electron chi connectivity index (χ0n) is 20.6. The highest BCUT2D eigenvalue weighted by Crippen LogP contribution is 2.68. The Kier molecular flexibility index (Phi) is 2.68. The lowest BCUT2D eigenvalue weighted by Crippen LogP contribution is -2.55. The molecule has 4 fully saturated rings. The molecule has 4 aliphatic carbocycles. The van der Waals surface area contributed by atoms with E-state index in [-0.39, 0.29) is 17.3 Å². The molecule has 0 spiro atoms. The molecule has 0 radical (unpaired) electrons. The normalized spacial score (nSPS) is 67.3. The standard InChI is InChI=1S/C22H36O2/c1-14(23)17-7-8-18-16-6-5-15-13-20(2,24)11-12-21(15,3)19(16)9-10-22(17,18)4/h15-19,24H,5-13H2,1-4H3/t15-,16-,17+,18-,19-,20+,21-,22+/m0/s1/i7D2,8D2,17D. The van der Waals surface area contributed by atoms with Gasteiger partial charge in [-0.15, -0.1) is 0 Å². The molecule has 4 rings (SSSR count). The second kappa shape index (κ2) is 5.32. The van der Waals surface area contributed by atoms with Gasteiger partial charge in [0.05, 0.1) is 5.60 Å². The number of fused-ring (bicyclic) bond motifs is 5. The van der Waals surface area contributed by atoms with Gasteiger partial charge < -0.3 is 5.11 Å². The summed E-state index contributed by atoms with van der Waals surface area (Å²) >= 11 is 0. The number of carbonyl (C=O) groups excluding carboxylic acids is 1. The molecule has 24 heavy (non-hydrogen) atoms. The Morgan fingerprint density at radius 3 is 2.50 bits per heavy atom.